The molecule has 2 nitrogen and oxygen atoms in total. The van der Waals surface area contributed by atoms with Gasteiger partial charge >= 0.3 is 0 Å². The Labute approximate surface area is 135 Å². The van der Waals surface area contributed by atoms with E-state index >= 15 is 0 Å². The van der Waals surface area contributed by atoms with Crippen LogP contribution in [0.15, 0.2) is 36.4 Å². The van der Waals surface area contributed by atoms with Crippen molar-refractivity contribution in [3.63, 3.8) is 0 Å². The Balaban J connectivity index is 1.85. The van der Waals surface area contributed by atoms with E-state index in [0.29, 0.717) is 5.02 Å². The molecule has 0 aliphatic carbocycles. The molecule has 1 atom stereocenters. The minimum atomic E-state index is 0.254. The van der Waals surface area contributed by atoms with Crippen LogP contribution in [0.5, 0.6) is 0 Å². The highest BCUT2D eigenvalue weighted by molar-refractivity contribution is 6.35. The topological polar surface area (TPSA) is 29.3 Å². The summed E-state index contributed by atoms with van der Waals surface area (Å²) in [4.78, 5) is 2.43. The van der Waals surface area contributed by atoms with E-state index in [-0.39, 0.29) is 6.04 Å². The zero-order valence-electron chi connectivity index (χ0n) is 11.9. The molecule has 2 N–H and O–H groups in total. The Kier molecular flexibility index (Phi) is 4.12. The predicted octanol–water partition coefficient (Wildman–Crippen LogP) is 4.69. The molecule has 2 aromatic rings. The fraction of sp³-hybridized carbons (Fsp3) is 0.294. The largest absolute Gasteiger partial charge is 0.398 e. The van der Waals surface area contributed by atoms with E-state index in [1.165, 1.54) is 11.1 Å². The smallest absolute Gasteiger partial charge is 0.0468 e. The standard InChI is InChI=1S/C17H18Cl2N2/c1-11(14-6-5-13(18)9-16(14)19)21-8-7-15-12(10-21)3-2-4-17(15)20/h2-6,9,11H,7-8,10,20H2,1H3. The van der Waals surface area contributed by atoms with Gasteiger partial charge in [-0.3, -0.25) is 4.90 Å². The second-order valence-corrected chi connectivity index (χ2v) is 6.39. The number of nitrogens with two attached hydrogens (primary N) is 1. The summed E-state index contributed by atoms with van der Waals surface area (Å²) in [6.45, 7) is 4.08. The van der Waals surface area contributed by atoms with Crippen molar-refractivity contribution in [1.29, 1.82) is 0 Å². The molecule has 21 heavy (non-hydrogen) atoms. The van der Waals surface area contributed by atoms with E-state index in [9.17, 15) is 0 Å². The molecule has 0 spiro atoms. The number of rotatable bonds is 2. The quantitative estimate of drug-likeness (QED) is 0.813. The Morgan fingerprint density at radius 3 is 2.76 bits per heavy atom. The highest BCUT2D eigenvalue weighted by Gasteiger charge is 2.23. The predicted molar refractivity (Wildman–Crippen MR) is 89.8 cm³/mol. The van der Waals surface area contributed by atoms with E-state index in [0.717, 1.165) is 35.8 Å². The number of hydrogen-bond acceptors (Lipinski definition) is 2. The van der Waals surface area contributed by atoms with Crippen molar-refractivity contribution in [3.8, 4) is 0 Å². The number of fused-ring (bicyclic) bond motifs is 1. The third kappa shape index (κ3) is 2.89. The lowest BCUT2D eigenvalue weighted by Gasteiger charge is -2.34. The van der Waals surface area contributed by atoms with E-state index in [4.69, 9.17) is 28.9 Å². The average molecular weight is 321 g/mol. The number of anilines is 1. The van der Waals surface area contributed by atoms with Crippen LogP contribution in [-0.4, -0.2) is 11.4 Å². The van der Waals surface area contributed by atoms with Crippen LogP contribution in [-0.2, 0) is 13.0 Å². The molecule has 3 rings (SSSR count). The Morgan fingerprint density at radius 2 is 2.00 bits per heavy atom. The molecular weight excluding hydrogens is 303 g/mol. The molecule has 0 saturated carbocycles. The molecule has 2 aromatic carbocycles. The lowest BCUT2D eigenvalue weighted by molar-refractivity contribution is 0.192. The zero-order valence-corrected chi connectivity index (χ0v) is 13.5. The van der Waals surface area contributed by atoms with Crippen LogP contribution in [0.1, 0.15) is 29.7 Å². The summed E-state index contributed by atoms with van der Waals surface area (Å²) in [5.74, 6) is 0. The summed E-state index contributed by atoms with van der Waals surface area (Å²) >= 11 is 12.3. The van der Waals surface area contributed by atoms with Gasteiger partial charge in [0.2, 0.25) is 0 Å². The van der Waals surface area contributed by atoms with Crippen molar-refractivity contribution in [2.45, 2.75) is 25.9 Å². The van der Waals surface area contributed by atoms with E-state index < -0.39 is 0 Å². The molecule has 0 radical (unpaired) electrons. The lowest BCUT2D eigenvalue weighted by atomic mass is 9.95. The highest BCUT2D eigenvalue weighted by atomic mass is 35.5. The van der Waals surface area contributed by atoms with Crippen LogP contribution in [0.2, 0.25) is 10.0 Å². The first-order valence-corrected chi connectivity index (χ1v) is 7.87. The third-order valence-electron chi connectivity index (χ3n) is 4.29. The first-order chi connectivity index (χ1) is 10.1. The molecule has 0 fully saturated rings. The van der Waals surface area contributed by atoms with Gasteiger partial charge in [0.25, 0.3) is 0 Å². The summed E-state index contributed by atoms with van der Waals surface area (Å²) in [5.41, 5.74) is 10.7. The van der Waals surface area contributed by atoms with Crippen molar-refractivity contribution in [1.82, 2.24) is 4.90 Å². The maximum Gasteiger partial charge on any atom is 0.0468 e. The summed E-state index contributed by atoms with van der Waals surface area (Å²) in [7, 11) is 0. The molecule has 1 aliphatic rings. The van der Waals surface area contributed by atoms with Crippen molar-refractivity contribution in [3.05, 3.63) is 63.1 Å². The highest BCUT2D eigenvalue weighted by Crippen LogP contribution is 2.33. The summed E-state index contributed by atoms with van der Waals surface area (Å²) in [6.07, 6.45) is 0.984. The van der Waals surface area contributed by atoms with Gasteiger partial charge in [-0.2, -0.15) is 0 Å². The summed E-state index contributed by atoms with van der Waals surface area (Å²) in [6, 6.07) is 12.1. The zero-order chi connectivity index (χ0) is 15.0. The van der Waals surface area contributed by atoms with Gasteiger partial charge in [0.15, 0.2) is 0 Å². The maximum absolute atomic E-state index is 6.34. The molecule has 0 bridgehead atoms. The molecule has 0 amide bonds. The normalized spacial score (nSPS) is 16.5. The second-order valence-electron chi connectivity index (χ2n) is 5.55. The van der Waals surface area contributed by atoms with Gasteiger partial charge in [-0.25, -0.2) is 0 Å². The molecule has 1 unspecified atom stereocenters. The van der Waals surface area contributed by atoms with Crippen molar-refractivity contribution in [2.24, 2.45) is 0 Å². The van der Waals surface area contributed by atoms with Gasteiger partial charge in [-0.1, -0.05) is 41.4 Å². The van der Waals surface area contributed by atoms with Crippen LogP contribution in [0.3, 0.4) is 0 Å². The molecule has 4 heteroatoms. The van der Waals surface area contributed by atoms with E-state index in [2.05, 4.69) is 17.9 Å². The van der Waals surface area contributed by atoms with E-state index in [1.54, 1.807) is 0 Å². The van der Waals surface area contributed by atoms with Crippen molar-refractivity contribution < 1.29 is 0 Å². The van der Waals surface area contributed by atoms with Gasteiger partial charge in [-0.15, -0.1) is 0 Å². The fourth-order valence-corrected chi connectivity index (χ4v) is 3.59. The van der Waals surface area contributed by atoms with Crippen LogP contribution in [0.25, 0.3) is 0 Å². The number of benzene rings is 2. The number of halogens is 2. The Morgan fingerprint density at radius 1 is 1.19 bits per heavy atom. The summed E-state index contributed by atoms with van der Waals surface area (Å²) in [5, 5.41) is 1.40. The average Bonchev–Trinajstić information content (AvgIpc) is 2.46. The lowest BCUT2D eigenvalue weighted by Crippen LogP contribution is -2.33. The van der Waals surface area contributed by atoms with Crippen LogP contribution in [0.4, 0.5) is 5.69 Å². The molecule has 1 heterocycles. The van der Waals surface area contributed by atoms with Gasteiger partial charge in [-0.05, 0) is 48.2 Å². The molecule has 0 saturated heterocycles. The molecule has 110 valence electrons. The number of nitrogens with zero attached hydrogens (tertiary/aromatic N) is 1. The van der Waals surface area contributed by atoms with Gasteiger partial charge in [0, 0.05) is 34.9 Å². The van der Waals surface area contributed by atoms with Crippen LogP contribution >= 0.6 is 23.2 Å². The summed E-state index contributed by atoms with van der Waals surface area (Å²) < 4.78 is 0. The maximum atomic E-state index is 6.34. The van der Waals surface area contributed by atoms with Gasteiger partial charge in [0.05, 0.1) is 0 Å². The van der Waals surface area contributed by atoms with Crippen molar-refractivity contribution >= 4 is 28.9 Å². The third-order valence-corrected chi connectivity index (χ3v) is 4.85. The fourth-order valence-electron chi connectivity index (χ4n) is 3.03. The molecule has 0 aromatic heterocycles. The van der Waals surface area contributed by atoms with Gasteiger partial charge < -0.3 is 5.73 Å². The van der Waals surface area contributed by atoms with Crippen LogP contribution < -0.4 is 5.73 Å². The first-order valence-electron chi connectivity index (χ1n) is 7.11. The van der Waals surface area contributed by atoms with Crippen molar-refractivity contribution in [2.75, 3.05) is 12.3 Å². The Hall–Kier alpha value is -1.22. The minimum Gasteiger partial charge on any atom is -0.398 e. The van der Waals surface area contributed by atoms with E-state index in [1.807, 2.05) is 30.3 Å². The first kappa shape index (κ1) is 14.7. The second kappa shape index (κ2) is 5.88. The Bertz CT molecular complexity index is 670. The SMILES string of the molecule is CC(c1ccc(Cl)cc1Cl)N1CCc2c(N)cccc2C1. The number of hydrogen-bond donors (Lipinski definition) is 1. The molecular formula is C17H18Cl2N2. The van der Waals surface area contributed by atoms with Crippen LogP contribution in [0, 0.1) is 0 Å². The monoisotopic (exact) mass is 320 g/mol. The number of nitrogen functional groups attached to an aromatic ring is 1. The minimum absolute atomic E-state index is 0.254. The molecule has 1 aliphatic heterocycles. The van der Waals surface area contributed by atoms with Gasteiger partial charge in [0.1, 0.15) is 0 Å².